The fourth-order valence-electron chi connectivity index (χ4n) is 6.11. The molecule has 0 heterocycles. The zero-order chi connectivity index (χ0) is 52.1. The van der Waals surface area contributed by atoms with Crippen molar-refractivity contribution in [3.05, 3.63) is 0 Å². The lowest BCUT2D eigenvalue weighted by atomic mass is 9.93. The quantitative estimate of drug-likeness (QED) is 0.0258. The molecule has 0 aliphatic rings. The normalized spacial score (nSPS) is 10.3. The molecule has 0 aromatic rings. The highest BCUT2D eigenvalue weighted by molar-refractivity contribution is 5.67. The predicted molar refractivity (Wildman–Crippen MR) is 273 cm³/mol. The third-order valence-corrected chi connectivity index (χ3v) is 10.8. The molecular weight excluding hydrogens is 861 g/mol. The first-order valence-corrected chi connectivity index (χ1v) is 26.6. The van der Waals surface area contributed by atoms with E-state index in [0.29, 0.717) is 32.1 Å². The second-order valence-electron chi connectivity index (χ2n) is 17.8. The van der Waals surface area contributed by atoms with E-state index in [2.05, 4.69) is 34.6 Å². The summed E-state index contributed by atoms with van der Waals surface area (Å²) in [6.45, 7) is 9.32. The molecule has 9 N–H and O–H groups in total. The van der Waals surface area contributed by atoms with E-state index in [9.17, 15) is 24.0 Å². The first kappa shape index (κ1) is 75.7. The van der Waals surface area contributed by atoms with Crippen LogP contribution in [0.5, 0.6) is 0 Å². The second kappa shape index (κ2) is 67.5. The van der Waals surface area contributed by atoms with Gasteiger partial charge in [0.15, 0.2) is 0 Å². The molecule has 0 aliphatic heterocycles. The van der Waals surface area contributed by atoms with Gasteiger partial charge in [-0.15, -0.1) is 0 Å². The van der Waals surface area contributed by atoms with E-state index in [0.717, 1.165) is 64.2 Å². The summed E-state index contributed by atoms with van der Waals surface area (Å²) >= 11 is 0. The Balaban J connectivity index is -0.000000167. The Hall–Kier alpha value is -2.81. The Labute approximate surface area is 409 Å². The van der Waals surface area contributed by atoms with Gasteiger partial charge in [0.05, 0.1) is 31.8 Å². The monoisotopic (exact) mass is 969 g/mol. The van der Waals surface area contributed by atoms with Crippen molar-refractivity contribution in [2.45, 2.75) is 279 Å². The molecule has 0 radical (unpaired) electrons. The summed E-state index contributed by atoms with van der Waals surface area (Å²) in [6, 6.07) is 0. The minimum absolute atomic E-state index is 0.337. The van der Waals surface area contributed by atoms with Crippen molar-refractivity contribution in [2.75, 3.05) is 26.4 Å². The van der Waals surface area contributed by atoms with E-state index in [1.54, 1.807) is 0 Å². The molecule has 0 unspecified atom stereocenters. The molecule has 404 valence electrons. The lowest BCUT2D eigenvalue weighted by Crippen LogP contribution is -2.37. The van der Waals surface area contributed by atoms with Gasteiger partial charge in [0, 0.05) is 32.1 Å². The third kappa shape index (κ3) is 86.9. The highest BCUT2D eigenvalue weighted by Crippen LogP contribution is 2.13. The van der Waals surface area contributed by atoms with Gasteiger partial charge in [-0.1, -0.05) is 214 Å². The van der Waals surface area contributed by atoms with Crippen LogP contribution < -0.4 is 0 Å². The number of carboxylic acids is 5. The molecule has 0 atom stereocenters. The van der Waals surface area contributed by atoms with Crippen LogP contribution in [0.4, 0.5) is 0 Å². The topological polar surface area (TPSA) is 267 Å². The number of aliphatic hydroxyl groups excluding tert-OH is 4. The fraction of sp³-hybridized carbons (Fsp3) is 0.906. The van der Waals surface area contributed by atoms with Crippen LogP contribution in [-0.2, 0) is 24.0 Å². The number of aliphatic hydroxyl groups is 4. The van der Waals surface area contributed by atoms with Crippen LogP contribution in [0.2, 0.25) is 0 Å². The molecular formula is C53H108O14. The summed E-state index contributed by atoms with van der Waals surface area (Å²) in [5.74, 6) is -3.32. The molecule has 0 aliphatic carbocycles. The van der Waals surface area contributed by atoms with Crippen molar-refractivity contribution in [3.63, 3.8) is 0 Å². The van der Waals surface area contributed by atoms with Gasteiger partial charge in [0.1, 0.15) is 0 Å². The Morgan fingerprint density at radius 3 is 0.448 bits per heavy atom. The van der Waals surface area contributed by atoms with E-state index in [1.807, 2.05) is 0 Å². The van der Waals surface area contributed by atoms with Gasteiger partial charge in [-0.2, -0.15) is 0 Å². The predicted octanol–water partition coefficient (Wildman–Crippen LogP) is 13.2. The zero-order valence-corrected chi connectivity index (χ0v) is 43.8. The highest BCUT2D eigenvalue weighted by atomic mass is 16.4. The lowest BCUT2D eigenvalue weighted by Gasteiger charge is -2.23. The average molecular weight is 969 g/mol. The first-order chi connectivity index (χ1) is 32.1. The molecule has 0 fully saturated rings. The van der Waals surface area contributed by atoms with E-state index in [-0.39, 0.29) is 0 Å². The molecule has 0 aromatic heterocycles. The van der Waals surface area contributed by atoms with Gasteiger partial charge in [-0.05, 0) is 32.1 Å². The van der Waals surface area contributed by atoms with Crippen molar-refractivity contribution >= 4 is 29.8 Å². The fourth-order valence-corrected chi connectivity index (χ4v) is 6.11. The van der Waals surface area contributed by atoms with Crippen molar-refractivity contribution in [1.29, 1.82) is 0 Å². The van der Waals surface area contributed by atoms with E-state index in [4.69, 9.17) is 46.0 Å². The number of hydrogen-bond donors (Lipinski definition) is 9. The van der Waals surface area contributed by atoms with Crippen molar-refractivity contribution < 1.29 is 69.9 Å². The Morgan fingerprint density at radius 1 is 0.239 bits per heavy atom. The summed E-state index contributed by atoms with van der Waals surface area (Å²) in [5, 5.41) is 75.7. The lowest BCUT2D eigenvalue weighted by molar-refractivity contribution is -0.138. The Bertz CT molecular complexity index is 875. The molecule has 0 aromatic carbocycles. The second-order valence-corrected chi connectivity index (χ2v) is 17.8. The summed E-state index contributed by atoms with van der Waals surface area (Å²) in [6.07, 6.45) is 40.5. The molecule has 0 rings (SSSR count). The van der Waals surface area contributed by atoms with Gasteiger partial charge in [-0.25, -0.2) is 0 Å². The van der Waals surface area contributed by atoms with Crippen LogP contribution >= 0.6 is 0 Å². The van der Waals surface area contributed by atoms with Crippen LogP contribution in [0, 0.1) is 5.41 Å². The standard InChI is InChI=1S/4C10H20O2.C8H16O2.C5H12O4/c4*1-2-3-4-5-6-7-8-9-10(11)12;1-2-3-4-5-6-7-8(9)10;6-1-5(2-7,3-8)4-9/h4*2-9H2,1H3,(H,11,12);2-7H2,1H3,(H,9,10);6-9H,1-4H2. The van der Waals surface area contributed by atoms with Crippen LogP contribution in [0.15, 0.2) is 0 Å². The number of hydrogen-bond acceptors (Lipinski definition) is 9. The minimum Gasteiger partial charge on any atom is -0.481 e. The summed E-state index contributed by atoms with van der Waals surface area (Å²) < 4.78 is 0. The number of rotatable bonds is 42. The molecule has 67 heavy (non-hydrogen) atoms. The van der Waals surface area contributed by atoms with Crippen LogP contribution in [0.1, 0.15) is 279 Å². The van der Waals surface area contributed by atoms with Gasteiger partial charge in [-0.3, -0.25) is 24.0 Å². The number of carboxylic acid groups (broad SMARTS) is 5. The van der Waals surface area contributed by atoms with Gasteiger partial charge in [0.2, 0.25) is 0 Å². The number of unbranched alkanes of at least 4 members (excludes halogenated alkanes) is 28. The van der Waals surface area contributed by atoms with Gasteiger partial charge >= 0.3 is 29.8 Å². The van der Waals surface area contributed by atoms with Crippen molar-refractivity contribution in [3.8, 4) is 0 Å². The highest BCUT2D eigenvalue weighted by Gasteiger charge is 2.26. The summed E-state index contributed by atoms with van der Waals surface area (Å²) in [7, 11) is 0. The summed E-state index contributed by atoms with van der Waals surface area (Å²) in [5.41, 5.74) is -1.11. The van der Waals surface area contributed by atoms with E-state index in [1.165, 1.54) is 148 Å². The maximum Gasteiger partial charge on any atom is 0.303 e. The number of aliphatic carboxylic acids is 5. The van der Waals surface area contributed by atoms with Crippen molar-refractivity contribution in [2.24, 2.45) is 5.41 Å². The third-order valence-electron chi connectivity index (χ3n) is 10.8. The van der Waals surface area contributed by atoms with Crippen LogP contribution in [0.3, 0.4) is 0 Å². The summed E-state index contributed by atoms with van der Waals surface area (Å²) in [4.78, 5) is 50.6. The van der Waals surface area contributed by atoms with Crippen LogP contribution in [-0.4, -0.2) is 102 Å². The smallest absolute Gasteiger partial charge is 0.303 e. The maximum atomic E-state index is 10.1. The van der Waals surface area contributed by atoms with E-state index >= 15 is 0 Å². The molecule has 0 saturated carbocycles. The van der Waals surface area contributed by atoms with E-state index < -0.39 is 61.7 Å². The molecule has 14 nitrogen and oxygen atoms in total. The van der Waals surface area contributed by atoms with Gasteiger partial charge < -0.3 is 46.0 Å². The minimum atomic E-state index is -1.11. The van der Waals surface area contributed by atoms with Gasteiger partial charge in [0.25, 0.3) is 0 Å². The molecule has 0 saturated heterocycles. The zero-order valence-electron chi connectivity index (χ0n) is 43.8. The molecule has 0 bridgehead atoms. The maximum absolute atomic E-state index is 10.1. The molecule has 0 amide bonds. The molecule has 0 spiro atoms. The Kier molecular flexibility index (Phi) is 76.2. The Morgan fingerprint density at radius 2 is 0.358 bits per heavy atom. The van der Waals surface area contributed by atoms with Crippen molar-refractivity contribution in [1.82, 2.24) is 0 Å². The largest absolute Gasteiger partial charge is 0.481 e. The molecule has 14 heteroatoms. The van der Waals surface area contributed by atoms with Crippen LogP contribution in [0.25, 0.3) is 0 Å². The number of carbonyl (C=O) groups is 5. The SMILES string of the molecule is CCCCCCCC(=O)O.CCCCCCCCCC(=O)O.CCCCCCCCCC(=O)O.CCCCCCCCCC(=O)O.CCCCCCCCCC(=O)O.OCC(CO)(CO)CO. The average Bonchev–Trinajstić information content (AvgIpc) is 3.29. The first-order valence-electron chi connectivity index (χ1n) is 26.6.